The number of guanidine groups is 1. The summed E-state index contributed by atoms with van der Waals surface area (Å²) in [5, 5.41) is 16.7. The molecule has 1 aliphatic rings. The molecule has 1 saturated carbocycles. The van der Waals surface area contributed by atoms with Crippen molar-refractivity contribution in [3.8, 4) is 0 Å². The number of aliphatic hydroxyl groups is 1. The summed E-state index contributed by atoms with van der Waals surface area (Å²) in [6.45, 7) is 10.1. The molecule has 5 heteroatoms. The van der Waals surface area contributed by atoms with Crippen LogP contribution in [0.25, 0.3) is 0 Å². The highest BCUT2D eigenvalue weighted by Gasteiger charge is 2.34. The molecule has 120 valence electrons. The third-order valence-corrected chi connectivity index (χ3v) is 3.72. The number of hydrogen-bond acceptors (Lipinski definition) is 2. The largest absolute Gasteiger partial charge is 0.388 e. The van der Waals surface area contributed by atoms with Crippen molar-refractivity contribution in [3.63, 3.8) is 0 Å². The van der Waals surface area contributed by atoms with E-state index in [0.29, 0.717) is 12.6 Å². The molecule has 1 rings (SSSR count). The predicted octanol–water partition coefficient (Wildman–Crippen LogP) is 2.90. The zero-order valence-electron chi connectivity index (χ0n) is 13.4. The first-order valence-corrected chi connectivity index (χ1v) is 7.72. The minimum atomic E-state index is -0.538. The van der Waals surface area contributed by atoms with Gasteiger partial charge < -0.3 is 15.7 Å². The molecule has 0 aromatic rings. The molecule has 0 aromatic carbocycles. The third-order valence-electron chi connectivity index (χ3n) is 3.72. The van der Waals surface area contributed by atoms with Crippen molar-refractivity contribution in [2.45, 2.75) is 71.4 Å². The molecule has 0 aromatic heterocycles. The molecule has 0 bridgehead atoms. The molecule has 1 fully saturated rings. The van der Waals surface area contributed by atoms with Gasteiger partial charge in [0.2, 0.25) is 0 Å². The molecule has 0 spiro atoms. The van der Waals surface area contributed by atoms with E-state index in [4.69, 9.17) is 0 Å². The lowest BCUT2D eigenvalue weighted by molar-refractivity contribution is -0.0236. The molecular formula is C15H32IN3O. The van der Waals surface area contributed by atoms with E-state index in [2.05, 4.69) is 43.3 Å². The van der Waals surface area contributed by atoms with Crippen molar-refractivity contribution in [1.82, 2.24) is 10.6 Å². The van der Waals surface area contributed by atoms with Crippen LogP contribution in [0.2, 0.25) is 0 Å². The average Bonchev–Trinajstić information content (AvgIpc) is 2.31. The van der Waals surface area contributed by atoms with Crippen LogP contribution >= 0.6 is 24.0 Å². The topological polar surface area (TPSA) is 56.7 Å². The number of aliphatic imine (C=N–C) groups is 1. The molecule has 0 amide bonds. The summed E-state index contributed by atoms with van der Waals surface area (Å²) >= 11 is 0. The zero-order chi connectivity index (χ0) is 14.3. The fourth-order valence-corrected chi connectivity index (χ4v) is 2.18. The second kappa shape index (κ2) is 9.82. The Bertz CT molecular complexity index is 291. The third kappa shape index (κ3) is 7.67. The summed E-state index contributed by atoms with van der Waals surface area (Å²) in [5.74, 6) is 1.57. The molecule has 0 radical (unpaired) electrons. The molecule has 1 aliphatic carbocycles. The van der Waals surface area contributed by atoms with Gasteiger partial charge in [-0.3, -0.25) is 4.99 Å². The van der Waals surface area contributed by atoms with Crippen LogP contribution < -0.4 is 10.6 Å². The normalized spacial score (nSPS) is 19.0. The Morgan fingerprint density at radius 3 is 2.35 bits per heavy atom. The van der Waals surface area contributed by atoms with Crippen LogP contribution in [0.5, 0.6) is 0 Å². The van der Waals surface area contributed by atoms with Crippen molar-refractivity contribution in [1.29, 1.82) is 0 Å². The fourth-order valence-electron chi connectivity index (χ4n) is 2.18. The van der Waals surface area contributed by atoms with Gasteiger partial charge in [-0.05, 0) is 51.9 Å². The number of halogens is 1. The van der Waals surface area contributed by atoms with Gasteiger partial charge in [0.15, 0.2) is 5.96 Å². The van der Waals surface area contributed by atoms with Crippen LogP contribution in [0, 0.1) is 5.92 Å². The van der Waals surface area contributed by atoms with Gasteiger partial charge in [0.25, 0.3) is 0 Å². The molecule has 1 atom stereocenters. The predicted molar refractivity (Wildman–Crippen MR) is 96.9 cm³/mol. The fraction of sp³-hybridized carbons (Fsp3) is 0.933. The summed E-state index contributed by atoms with van der Waals surface area (Å²) in [7, 11) is 0. The van der Waals surface area contributed by atoms with Crippen molar-refractivity contribution >= 4 is 29.9 Å². The van der Waals surface area contributed by atoms with E-state index < -0.39 is 5.60 Å². The van der Waals surface area contributed by atoms with Crippen molar-refractivity contribution in [3.05, 3.63) is 0 Å². The maximum Gasteiger partial charge on any atom is 0.191 e. The second-order valence-corrected chi connectivity index (χ2v) is 6.29. The van der Waals surface area contributed by atoms with Crippen LogP contribution in [0.1, 0.15) is 59.8 Å². The minimum absolute atomic E-state index is 0. The van der Waals surface area contributed by atoms with Gasteiger partial charge in [0, 0.05) is 12.6 Å². The molecular weight excluding hydrogens is 365 g/mol. The standard InChI is InChI=1S/C15H31N3O.HI/c1-5-16-14(17-11-15(19)9-6-10-15)18-13(4)8-7-12(2)3;/h12-13,19H,5-11H2,1-4H3,(H2,16,17,18);1H. The Hall–Kier alpha value is -0.0400. The van der Waals surface area contributed by atoms with E-state index in [1.54, 1.807) is 0 Å². The molecule has 0 aliphatic heterocycles. The van der Waals surface area contributed by atoms with Crippen LogP contribution in [0.4, 0.5) is 0 Å². The Morgan fingerprint density at radius 2 is 1.90 bits per heavy atom. The quantitative estimate of drug-likeness (QED) is 0.352. The smallest absolute Gasteiger partial charge is 0.191 e. The Balaban J connectivity index is 0.00000361. The van der Waals surface area contributed by atoms with Crippen LogP contribution in [-0.4, -0.2) is 35.8 Å². The molecule has 20 heavy (non-hydrogen) atoms. The first kappa shape index (κ1) is 20.0. The summed E-state index contributed by atoms with van der Waals surface area (Å²) in [5.41, 5.74) is -0.538. The van der Waals surface area contributed by atoms with Crippen LogP contribution in [-0.2, 0) is 0 Å². The number of nitrogens with zero attached hydrogens (tertiary/aromatic N) is 1. The first-order valence-electron chi connectivity index (χ1n) is 7.72. The maximum atomic E-state index is 10.1. The lowest BCUT2D eigenvalue weighted by Crippen LogP contribution is -2.45. The molecule has 0 saturated heterocycles. The van der Waals surface area contributed by atoms with E-state index in [1.165, 1.54) is 6.42 Å². The SMILES string of the molecule is CCNC(=NCC1(O)CCC1)NC(C)CCC(C)C.I. The van der Waals surface area contributed by atoms with Gasteiger partial charge in [-0.15, -0.1) is 24.0 Å². The first-order chi connectivity index (χ1) is 8.95. The van der Waals surface area contributed by atoms with E-state index in [0.717, 1.165) is 44.1 Å². The highest BCUT2D eigenvalue weighted by Crippen LogP contribution is 2.31. The summed E-state index contributed by atoms with van der Waals surface area (Å²) in [6.07, 6.45) is 5.27. The van der Waals surface area contributed by atoms with Gasteiger partial charge in [-0.1, -0.05) is 13.8 Å². The Labute approximate surface area is 141 Å². The van der Waals surface area contributed by atoms with Crippen LogP contribution in [0.3, 0.4) is 0 Å². The van der Waals surface area contributed by atoms with E-state index in [1.807, 2.05) is 0 Å². The van der Waals surface area contributed by atoms with Gasteiger partial charge in [0.05, 0.1) is 12.1 Å². The monoisotopic (exact) mass is 397 g/mol. The highest BCUT2D eigenvalue weighted by molar-refractivity contribution is 14.0. The molecule has 4 nitrogen and oxygen atoms in total. The Morgan fingerprint density at radius 1 is 1.25 bits per heavy atom. The number of rotatable bonds is 7. The maximum absolute atomic E-state index is 10.1. The summed E-state index contributed by atoms with van der Waals surface area (Å²) < 4.78 is 0. The van der Waals surface area contributed by atoms with Crippen molar-refractivity contribution < 1.29 is 5.11 Å². The highest BCUT2D eigenvalue weighted by atomic mass is 127. The average molecular weight is 397 g/mol. The summed E-state index contributed by atoms with van der Waals surface area (Å²) in [6, 6.07) is 0.413. The lowest BCUT2D eigenvalue weighted by Gasteiger charge is -2.35. The van der Waals surface area contributed by atoms with E-state index >= 15 is 0 Å². The minimum Gasteiger partial charge on any atom is -0.388 e. The van der Waals surface area contributed by atoms with Gasteiger partial charge in [-0.2, -0.15) is 0 Å². The second-order valence-electron chi connectivity index (χ2n) is 6.29. The van der Waals surface area contributed by atoms with Gasteiger partial charge in [0.1, 0.15) is 0 Å². The van der Waals surface area contributed by atoms with Crippen LogP contribution in [0.15, 0.2) is 4.99 Å². The van der Waals surface area contributed by atoms with Crippen molar-refractivity contribution in [2.75, 3.05) is 13.1 Å². The van der Waals surface area contributed by atoms with E-state index in [-0.39, 0.29) is 24.0 Å². The zero-order valence-corrected chi connectivity index (χ0v) is 15.7. The number of hydrogen-bond donors (Lipinski definition) is 3. The lowest BCUT2D eigenvalue weighted by atomic mass is 9.80. The van der Waals surface area contributed by atoms with Crippen molar-refractivity contribution in [2.24, 2.45) is 10.9 Å². The molecule has 0 heterocycles. The Kier molecular flexibility index (Phi) is 9.80. The molecule has 3 N–H and O–H groups in total. The number of nitrogens with one attached hydrogen (secondary N) is 2. The van der Waals surface area contributed by atoms with Gasteiger partial charge in [-0.25, -0.2) is 0 Å². The van der Waals surface area contributed by atoms with E-state index in [9.17, 15) is 5.11 Å². The molecule has 1 unspecified atom stereocenters. The van der Waals surface area contributed by atoms with Gasteiger partial charge >= 0.3 is 0 Å². The summed E-state index contributed by atoms with van der Waals surface area (Å²) in [4.78, 5) is 4.52.